The molecular weight excluding hydrogens is 256 g/mol. The summed E-state index contributed by atoms with van der Waals surface area (Å²) in [6.45, 7) is 7.95. The predicted molar refractivity (Wildman–Crippen MR) is 73.0 cm³/mol. The summed E-state index contributed by atoms with van der Waals surface area (Å²) in [5, 5.41) is 3.96. The van der Waals surface area contributed by atoms with E-state index < -0.39 is 0 Å². The fourth-order valence-electron chi connectivity index (χ4n) is 1.67. The van der Waals surface area contributed by atoms with Crippen molar-refractivity contribution < 1.29 is 4.79 Å². The summed E-state index contributed by atoms with van der Waals surface area (Å²) < 4.78 is 0. The number of amides is 1. The highest BCUT2D eigenvalue weighted by Crippen LogP contribution is 2.18. The third-order valence-electron chi connectivity index (χ3n) is 2.65. The van der Waals surface area contributed by atoms with E-state index in [0.717, 1.165) is 17.1 Å². The molecule has 0 aliphatic rings. The van der Waals surface area contributed by atoms with Crippen molar-refractivity contribution in [2.45, 2.75) is 40.2 Å². The molecule has 1 amide bonds. The molecule has 1 aromatic heterocycles. The predicted octanol–water partition coefficient (Wildman–Crippen LogP) is 3.14. The van der Waals surface area contributed by atoms with Crippen LogP contribution in [0.5, 0.6) is 0 Å². The van der Waals surface area contributed by atoms with E-state index in [9.17, 15) is 4.79 Å². The zero-order chi connectivity index (χ0) is 13.0. The minimum absolute atomic E-state index is 0.0306. The molecule has 1 rings (SSSR count). The van der Waals surface area contributed by atoms with Gasteiger partial charge in [-0.25, -0.2) is 4.98 Å². The van der Waals surface area contributed by atoms with Gasteiger partial charge in [0, 0.05) is 11.9 Å². The monoisotopic (exact) mass is 274 g/mol. The third kappa shape index (κ3) is 3.96. The topological polar surface area (TPSA) is 42.0 Å². The number of carbonyl (C=O) groups is 1. The Balaban J connectivity index is 2.73. The first-order valence-corrected chi connectivity index (χ1v) is 7.11. The maximum Gasteiger partial charge on any atom is 0.263 e. The Hall–Kier alpha value is -0.610. The van der Waals surface area contributed by atoms with Gasteiger partial charge < -0.3 is 5.32 Å². The second kappa shape index (κ2) is 6.36. The van der Waals surface area contributed by atoms with E-state index in [1.807, 2.05) is 13.8 Å². The molecule has 0 saturated carbocycles. The molecule has 3 nitrogen and oxygen atoms in total. The smallest absolute Gasteiger partial charge is 0.263 e. The van der Waals surface area contributed by atoms with Crippen LogP contribution in [0.2, 0.25) is 0 Å². The van der Waals surface area contributed by atoms with E-state index in [-0.39, 0.29) is 11.9 Å². The van der Waals surface area contributed by atoms with Crippen LogP contribution in [0.1, 0.15) is 40.6 Å². The second-order valence-corrected chi connectivity index (χ2v) is 6.03. The number of aromatic nitrogens is 1. The molecule has 1 unspecified atom stereocenters. The van der Waals surface area contributed by atoms with Crippen molar-refractivity contribution in [2.24, 2.45) is 5.92 Å². The van der Waals surface area contributed by atoms with Crippen molar-refractivity contribution in [2.75, 3.05) is 5.88 Å². The highest BCUT2D eigenvalue weighted by Gasteiger charge is 2.19. The van der Waals surface area contributed by atoms with Crippen LogP contribution in [0.4, 0.5) is 0 Å². The first kappa shape index (κ1) is 14.5. The van der Waals surface area contributed by atoms with Gasteiger partial charge in [0.2, 0.25) is 0 Å². The minimum atomic E-state index is -0.0306. The summed E-state index contributed by atoms with van der Waals surface area (Å²) >= 11 is 7.18. The van der Waals surface area contributed by atoms with Crippen LogP contribution in [0.15, 0.2) is 0 Å². The summed E-state index contributed by atoms with van der Waals surface area (Å²) in [5.41, 5.74) is 0.804. The molecular formula is C12H19ClN2OS. The third-order valence-corrected chi connectivity index (χ3v) is 3.94. The fourth-order valence-corrected chi connectivity index (χ4v) is 2.72. The van der Waals surface area contributed by atoms with Crippen molar-refractivity contribution in [1.82, 2.24) is 10.3 Å². The van der Waals surface area contributed by atoms with Gasteiger partial charge in [-0.2, -0.15) is 0 Å². The molecule has 1 N–H and O–H groups in total. The quantitative estimate of drug-likeness (QED) is 0.838. The van der Waals surface area contributed by atoms with Gasteiger partial charge in [0.1, 0.15) is 4.88 Å². The molecule has 5 heteroatoms. The maximum absolute atomic E-state index is 12.1. The fraction of sp³-hybridized carbons (Fsp3) is 0.667. The summed E-state index contributed by atoms with van der Waals surface area (Å²) in [7, 11) is 0. The van der Waals surface area contributed by atoms with Crippen LogP contribution in [-0.2, 0) is 0 Å². The van der Waals surface area contributed by atoms with Crippen molar-refractivity contribution in [1.29, 1.82) is 0 Å². The van der Waals surface area contributed by atoms with Gasteiger partial charge in [-0.1, -0.05) is 13.8 Å². The van der Waals surface area contributed by atoms with Crippen molar-refractivity contribution in [3.05, 3.63) is 15.6 Å². The van der Waals surface area contributed by atoms with Crippen molar-refractivity contribution in [3.8, 4) is 0 Å². The van der Waals surface area contributed by atoms with Crippen LogP contribution in [0.25, 0.3) is 0 Å². The van der Waals surface area contributed by atoms with Gasteiger partial charge in [-0.05, 0) is 26.2 Å². The van der Waals surface area contributed by atoms with Crippen LogP contribution in [0, 0.1) is 19.8 Å². The maximum atomic E-state index is 12.1. The van der Waals surface area contributed by atoms with Crippen LogP contribution in [-0.4, -0.2) is 22.8 Å². The molecule has 1 aromatic rings. The van der Waals surface area contributed by atoms with Crippen LogP contribution in [0.3, 0.4) is 0 Å². The summed E-state index contributed by atoms with van der Waals surface area (Å²) in [6, 6.07) is 0.127. The molecule has 1 heterocycles. The molecule has 17 heavy (non-hydrogen) atoms. The van der Waals surface area contributed by atoms with Crippen LogP contribution < -0.4 is 5.32 Å². The van der Waals surface area contributed by atoms with E-state index >= 15 is 0 Å². The molecule has 96 valence electrons. The molecule has 0 bridgehead atoms. The number of carbonyl (C=O) groups excluding carboxylic acids is 1. The molecule has 0 aromatic carbocycles. The highest BCUT2D eigenvalue weighted by atomic mass is 35.5. The number of alkyl halides is 1. The van der Waals surface area contributed by atoms with Crippen LogP contribution >= 0.6 is 22.9 Å². The van der Waals surface area contributed by atoms with Gasteiger partial charge in [-0.15, -0.1) is 22.9 Å². The molecule has 0 fully saturated rings. The number of hydrogen-bond donors (Lipinski definition) is 1. The molecule has 1 atom stereocenters. The Labute approximate surface area is 112 Å². The first-order chi connectivity index (χ1) is 7.95. The normalized spacial score (nSPS) is 12.8. The highest BCUT2D eigenvalue weighted by molar-refractivity contribution is 7.13. The van der Waals surface area contributed by atoms with E-state index in [1.54, 1.807) is 0 Å². The van der Waals surface area contributed by atoms with Crippen molar-refractivity contribution >= 4 is 28.8 Å². The van der Waals surface area contributed by atoms with E-state index in [2.05, 4.69) is 24.1 Å². The Kier molecular flexibility index (Phi) is 5.40. The molecule has 0 saturated heterocycles. The van der Waals surface area contributed by atoms with E-state index in [1.165, 1.54) is 11.3 Å². The van der Waals surface area contributed by atoms with Gasteiger partial charge >= 0.3 is 0 Å². The lowest BCUT2D eigenvalue weighted by molar-refractivity contribution is 0.0928. The number of hydrogen-bond acceptors (Lipinski definition) is 3. The zero-order valence-electron chi connectivity index (χ0n) is 10.7. The lowest BCUT2D eigenvalue weighted by Crippen LogP contribution is -2.38. The van der Waals surface area contributed by atoms with Crippen molar-refractivity contribution in [3.63, 3.8) is 0 Å². The average molecular weight is 275 g/mol. The molecule has 0 aliphatic heterocycles. The Bertz CT molecular complexity index is 390. The SMILES string of the molecule is Cc1nc(C)c(C(=O)NC(CCCl)C(C)C)s1. The largest absolute Gasteiger partial charge is 0.348 e. The van der Waals surface area contributed by atoms with Gasteiger partial charge in [0.25, 0.3) is 5.91 Å². The number of halogens is 1. The number of nitrogens with zero attached hydrogens (tertiary/aromatic N) is 1. The lowest BCUT2D eigenvalue weighted by Gasteiger charge is -2.21. The Morgan fingerprint density at radius 3 is 2.53 bits per heavy atom. The molecule has 0 spiro atoms. The first-order valence-electron chi connectivity index (χ1n) is 5.76. The average Bonchev–Trinajstić information content (AvgIpc) is 2.57. The van der Waals surface area contributed by atoms with Gasteiger partial charge in [-0.3, -0.25) is 4.79 Å². The standard InChI is InChI=1S/C12H19ClN2OS/c1-7(2)10(5-6-13)15-12(16)11-8(3)14-9(4)17-11/h7,10H,5-6H2,1-4H3,(H,15,16). The number of nitrogens with one attached hydrogen (secondary N) is 1. The zero-order valence-corrected chi connectivity index (χ0v) is 12.3. The number of aryl methyl sites for hydroxylation is 2. The second-order valence-electron chi connectivity index (χ2n) is 4.45. The van der Waals surface area contributed by atoms with Gasteiger partial charge in [0.05, 0.1) is 10.7 Å². The van der Waals surface area contributed by atoms with Gasteiger partial charge in [0.15, 0.2) is 0 Å². The molecule has 0 radical (unpaired) electrons. The number of rotatable bonds is 5. The van der Waals surface area contributed by atoms with E-state index in [0.29, 0.717) is 16.7 Å². The Morgan fingerprint density at radius 1 is 1.47 bits per heavy atom. The minimum Gasteiger partial charge on any atom is -0.348 e. The Morgan fingerprint density at radius 2 is 2.12 bits per heavy atom. The summed E-state index contributed by atoms with van der Waals surface area (Å²) in [6.07, 6.45) is 0.793. The summed E-state index contributed by atoms with van der Waals surface area (Å²) in [4.78, 5) is 17.1. The molecule has 0 aliphatic carbocycles. The number of thiazole rings is 1. The lowest BCUT2D eigenvalue weighted by atomic mass is 10.0. The summed E-state index contributed by atoms with van der Waals surface area (Å²) in [5.74, 6) is 0.910. The van der Waals surface area contributed by atoms with E-state index in [4.69, 9.17) is 11.6 Å².